The summed E-state index contributed by atoms with van der Waals surface area (Å²) < 4.78 is 0. The lowest BCUT2D eigenvalue weighted by atomic mass is 10.1. The van der Waals surface area contributed by atoms with E-state index in [-0.39, 0.29) is 6.42 Å². The fraction of sp³-hybridized carbons (Fsp3) is 0.200. The van der Waals surface area contributed by atoms with E-state index >= 15 is 0 Å². The Balaban J connectivity index is 1.70. The number of H-pyrrole nitrogens is 1. The molecule has 1 aliphatic heterocycles. The van der Waals surface area contributed by atoms with E-state index in [1.165, 1.54) is 0 Å². The first-order valence-electron chi connectivity index (χ1n) is 7.05. The number of rotatable bonds is 3. The zero-order valence-corrected chi connectivity index (χ0v) is 12.3. The van der Waals surface area contributed by atoms with Gasteiger partial charge < -0.3 is 16.0 Å². The third kappa shape index (κ3) is 3.20. The minimum atomic E-state index is -0.949. The van der Waals surface area contributed by atoms with Crippen LogP contribution >= 0.6 is 0 Å². The number of amides is 3. The number of carbonyl (C=O) groups excluding carboxylic acids is 3. The SMILES string of the molecule is Cc1cc(NC(=O)C[C@H]2NC(=O)c3ccccc3NC2=O)n[nH]1. The maximum Gasteiger partial charge on any atom is 0.254 e. The lowest BCUT2D eigenvalue weighted by Gasteiger charge is -2.13. The van der Waals surface area contributed by atoms with Crippen LogP contribution in [-0.2, 0) is 9.59 Å². The van der Waals surface area contributed by atoms with Crippen LogP contribution in [0.25, 0.3) is 0 Å². The van der Waals surface area contributed by atoms with E-state index in [2.05, 4.69) is 26.1 Å². The summed E-state index contributed by atoms with van der Waals surface area (Å²) in [4.78, 5) is 36.4. The highest BCUT2D eigenvalue weighted by atomic mass is 16.2. The second-order valence-electron chi connectivity index (χ2n) is 5.25. The molecule has 4 N–H and O–H groups in total. The normalized spacial score (nSPS) is 16.8. The van der Waals surface area contributed by atoms with Crippen molar-refractivity contribution >= 4 is 29.2 Å². The maximum absolute atomic E-state index is 12.2. The van der Waals surface area contributed by atoms with Gasteiger partial charge in [0.25, 0.3) is 5.91 Å². The van der Waals surface area contributed by atoms with Crippen molar-refractivity contribution < 1.29 is 14.4 Å². The summed E-state index contributed by atoms with van der Waals surface area (Å²) in [5.41, 5.74) is 1.60. The Labute approximate surface area is 131 Å². The summed E-state index contributed by atoms with van der Waals surface area (Å²) in [6.07, 6.45) is -0.183. The van der Waals surface area contributed by atoms with Crippen molar-refractivity contribution in [2.75, 3.05) is 10.6 Å². The lowest BCUT2D eigenvalue weighted by Crippen LogP contribution is -2.43. The fourth-order valence-corrected chi connectivity index (χ4v) is 2.32. The van der Waals surface area contributed by atoms with Crippen molar-refractivity contribution in [3.8, 4) is 0 Å². The Kier molecular flexibility index (Phi) is 3.80. The van der Waals surface area contributed by atoms with Gasteiger partial charge in [-0.2, -0.15) is 5.10 Å². The largest absolute Gasteiger partial charge is 0.340 e. The van der Waals surface area contributed by atoms with Crippen LogP contribution in [0, 0.1) is 6.92 Å². The van der Waals surface area contributed by atoms with Crippen LogP contribution in [0.1, 0.15) is 22.5 Å². The molecule has 0 radical (unpaired) electrons. The van der Waals surface area contributed by atoms with Crippen LogP contribution in [0.2, 0.25) is 0 Å². The third-order valence-corrected chi connectivity index (χ3v) is 3.41. The van der Waals surface area contributed by atoms with Gasteiger partial charge in [0.05, 0.1) is 17.7 Å². The van der Waals surface area contributed by atoms with Crippen molar-refractivity contribution in [1.82, 2.24) is 15.5 Å². The number of anilines is 2. The summed E-state index contributed by atoms with van der Waals surface area (Å²) in [6.45, 7) is 1.80. The molecule has 2 aromatic rings. The Bertz CT molecular complexity index is 783. The number of fused-ring (bicyclic) bond motifs is 1. The van der Waals surface area contributed by atoms with Gasteiger partial charge in [0, 0.05) is 11.8 Å². The van der Waals surface area contributed by atoms with E-state index in [1.54, 1.807) is 37.3 Å². The minimum absolute atomic E-state index is 0.183. The van der Waals surface area contributed by atoms with Gasteiger partial charge >= 0.3 is 0 Å². The lowest BCUT2D eigenvalue weighted by molar-refractivity contribution is -0.122. The molecule has 0 unspecified atom stereocenters. The molecule has 8 heteroatoms. The predicted molar refractivity (Wildman–Crippen MR) is 82.9 cm³/mol. The molecule has 1 aliphatic rings. The van der Waals surface area contributed by atoms with E-state index in [9.17, 15) is 14.4 Å². The van der Waals surface area contributed by atoms with Gasteiger partial charge in [0.15, 0.2) is 5.82 Å². The number of carbonyl (C=O) groups is 3. The van der Waals surface area contributed by atoms with Gasteiger partial charge in [0.1, 0.15) is 6.04 Å². The zero-order chi connectivity index (χ0) is 16.4. The predicted octanol–water partition coefficient (Wildman–Crippen LogP) is 0.797. The van der Waals surface area contributed by atoms with Gasteiger partial charge in [-0.15, -0.1) is 0 Å². The number of nitrogens with one attached hydrogen (secondary N) is 4. The average Bonchev–Trinajstić information content (AvgIpc) is 2.86. The van der Waals surface area contributed by atoms with Crippen LogP contribution < -0.4 is 16.0 Å². The number of aromatic nitrogens is 2. The van der Waals surface area contributed by atoms with Crippen LogP contribution in [0.5, 0.6) is 0 Å². The highest BCUT2D eigenvalue weighted by Gasteiger charge is 2.29. The number of hydrogen-bond acceptors (Lipinski definition) is 4. The molecule has 3 rings (SSSR count). The standard InChI is InChI=1S/C15H15N5O3/c1-8-6-12(20-19-8)18-13(21)7-11-15(23)16-10-5-3-2-4-9(10)14(22)17-11/h2-6,11H,7H2,1H3,(H,16,23)(H,17,22)(H2,18,19,20,21)/t11-/m1/s1. The van der Waals surface area contributed by atoms with Crippen LogP contribution in [0.3, 0.4) is 0 Å². The number of para-hydroxylation sites is 1. The first-order valence-corrected chi connectivity index (χ1v) is 7.05. The third-order valence-electron chi connectivity index (χ3n) is 3.41. The average molecular weight is 313 g/mol. The van der Waals surface area contributed by atoms with Crippen molar-refractivity contribution in [2.24, 2.45) is 0 Å². The van der Waals surface area contributed by atoms with Crippen LogP contribution in [0.15, 0.2) is 30.3 Å². The number of nitrogens with zero attached hydrogens (tertiary/aromatic N) is 1. The molecule has 23 heavy (non-hydrogen) atoms. The summed E-state index contributed by atoms with van der Waals surface area (Å²) in [6, 6.07) is 7.40. The summed E-state index contributed by atoms with van der Waals surface area (Å²) in [5, 5.41) is 14.4. The number of benzene rings is 1. The molecule has 1 aromatic carbocycles. The second kappa shape index (κ2) is 5.91. The van der Waals surface area contributed by atoms with Crippen LogP contribution in [-0.4, -0.2) is 34.0 Å². The van der Waals surface area contributed by atoms with Crippen LogP contribution in [0.4, 0.5) is 11.5 Å². The molecule has 1 atom stereocenters. The molecule has 0 fully saturated rings. The molecule has 2 heterocycles. The molecule has 8 nitrogen and oxygen atoms in total. The van der Waals surface area contributed by atoms with E-state index in [0.29, 0.717) is 17.1 Å². The van der Waals surface area contributed by atoms with Crippen molar-refractivity contribution in [3.63, 3.8) is 0 Å². The molecule has 0 bridgehead atoms. The molecule has 0 aliphatic carbocycles. The molecule has 3 amide bonds. The summed E-state index contributed by atoms with van der Waals surface area (Å²) in [5.74, 6) is -0.872. The Morgan fingerprint density at radius 2 is 2.09 bits per heavy atom. The topological polar surface area (TPSA) is 116 Å². The Morgan fingerprint density at radius 1 is 1.30 bits per heavy atom. The van der Waals surface area contributed by atoms with E-state index < -0.39 is 23.8 Å². The molecular weight excluding hydrogens is 298 g/mol. The smallest absolute Gasteiger partial charge is 0.254 e. The molecular formula is C15H15N5O3. The van der Waals surface area contributed by atoms with Crippen molar-refractivity contribution in [1.29, 1.82) is 0 Å². The van der Waals surface area contributed by atoms with Gasteiger partial charge in [-0.3, -0.25) is 19.5 Å². The summed E-state index contributed by atoms with van der Waals surface area (Å²) >= 11 is 0. The van der Waals surface area contributed by atoms with Gasteiger partial charge in [-0.05, 0) is 19.1 Å². The van der Waals surface area contributed by atoms with Gasteiger partial charge in [-0.1, -0.05) is 12.1 Å². The van der Waals surface area contributed by atoms with E-state index in [4.69, 9.17) is 0 Å². The van der Waals surface area contributed by atoms with Crippen molar-refractivity contribution in [3.05, 3.63) is 41.6 Å². The van der Waals surface area contributed by atoms with E-state index in [0.717, 1.165) is 5.69 Å². The van der Waals surface area contributed by atoms with Gasteiger partial charge in [-0.25, -0.2) is 0 Å². The number of hydrogen-bond donors (Lipinski definition) is 4. The monoisotopic (exact) mass is 313 g/mol. The Hall–Kier alpha value is -3.16. The highest BCUT2D eigenvalue weighted by molar-refractivity contribution is 6.11. The van der Waals surface area contributed by atoms with Crippen molar-refractivity contribution in [2.45, 2.75) is 19.4 Å². The zero-order valence-electron chi connectivity index (χ0n) is 12.3. The van der Waals surface area contributed by atoms with E-state index in [1.807, 2.05) is 0 Å². The minimum Gasteiger partial charge on any atom is -0.340 e. The molecule has 118 valence electrons. The molecule has 1 aromatic heterocycles. The molecule has 0 saturated heterocycles. The Morgan fingerprint density at radius 3 is 2.83 bits per heavy atom. The first kappa shape index (κ1) is 14.8. The molecule has 0 saturated carbocycles. The quantitative estimate of drug-likeness (QED) is 0.670. The van der Waals surface area contributed by atoms with Gasteiger partial charge in [0.2, 0.25) is 11.8 Å². The second-order valence-corrected chi connectivity index (χ2v) is 5.25. The maximum atomic E-state index is 12.2. The fourth-order valence-electron chi connectivity index (χ4n) is 2.32. The first-order chi connectivity index (χ1) is 11.0. The summed E-state index contributed by atoms with van der Waals surface area (Å²) in [7, 11) is 0. The number of aromatic amines is 1. The molecule has 0 spiro atoms. The highest BCUT2D eigenvalue weighted by Crippen LogP contribution is 2.19. The number of aryl methyl sites for hydroxylation is 1.